The third kappa shape index (κ3) is 3.26. The standard InChI is InChI=1S/C14H28N2O2S/c1-6-18-11-9-14(15,13(11,3)4)12(17)16-10(2)7-8-19-5/h10-11H,6-9,15H2,1-5H3,(H,16,17). The van der Waals surface area contributed by atoms with E-state index in [2.05, 4.69) is 11.6 Å². The van der Waals surface area contributed by atoms with E-state index >= 15 is 0 Å². The average molecular weight is 288 g/mol. The van der Waals surface area contributed by atoms with Crippen molar-refractivity contribution < 1.29 is 9.53 Å². The first kappa shape index (κ1) is 16.8. The van der Waals surface area contributed by atoms with Crippen LogP contribution in [-0.4, -0.2) is 42.2 Å². The van der Waals surface area contributed by atoms with Crippen molar-refractivity contribution >= 4 is 17.7 Å². The summed E-state index contributed by atoms with van der Waals surface area (Å²) in [6, 6.07) is 0.169. The number of thioether (sulfide) groups is 1. The van der Waals surface area contributed by atoms with Gasteiger partial charge >= 0.3 is 0 Å². The van der Waals surface area contributed by atoms with Gasteiger partial charge in [0, 0.05) is 24.5 Å². The Morgan fingerprint density at radius 3 is 2.68 bits per heavy atom. The van der Waals surface area contributed by atoms with Gasteiger partial charge in [0.05, 0.1) is 6.10 Å². The van der Waals surface area contributed by atoms with E-state index in [4.69, 9.17) is 10.5 Å². The maximum absolute atomic E-state index is 12.4. The zero-order chi connectivity index (χ0) is 14.7. The molecule has 1 aliphatic carbocycles. The van der Waals surface area contributed by atoms with Crippen LogP contribution in [0.4, 0.5) is 0 Å². The minimum absolute atomic E-state index is 0.0398. The molecule has 4 nitrogen and oxygen atoms in total. The number of carbonyl (C=O) groups excluding carboxylic acids is 1. The van der Waals surface area contributed by atoms with Crippen LogP contribution in [0.2, 0.25) is 0 Å². The Kier molecular flexibility index (Phi) is 5.71. The molecule has 112 valence electrons. The summed E-state index contributed by atoms with van der Waals surface area (Å²) in [5.41, 5.74) is 5.21. The minimum atomic E-state index is -0.805. The molecule has 0 aromatic heterocycles. The fourth-order valence-electron chi connectivity index (χ4n) is 2.54. The van der Waals surface area contributed by atoms with Crippen LogP contribution < -0.4 is 11.1 Å². The smallest absolute Gasteiger partial charge is 0.241 e. The van der Waals surface area contributed by atoms with E-state index in [1.165, 1.54) is 0 Å². The zero-order valence-corrected chi connectivity index (χ0v) is 13.6. The molecule has 1 rings (SSSR count). The van der Waals surface area contributed by atoms with Crippen molar-refractivity contribution in [3.05, 3.63) is 0 Å². The second kappa shape index (κ2) is 6.46. The molecule has 0 spiro atoms. The van der Waals surface area contributed by atoms with Crippen molar-refractivity contribution in [3.63, 3.8) is 0 Å². The Morgan fingerprint density at radius 1 is 1.58 bits per heavy atom. The number of amides is 1. The first-order valence-corrected chi connectivity index (χ1v) is 8.39. The van der Waals surface area contributed by atoms with Gasteiger partial charge in [0.15, 0.2) is 0 Å². The first-order valence-electron chi connectivity index (χ1n) is 7.00. The van der Waals surface area contributed by atoms with Gasteiger partial charge in [0.2, 0.25) is 5.91 Å². The Morgan fingerprint density at radius 2 is 2.21 bits per heavy atom. The number of nitrogens with two attached hydrogens (primary N) is 1. The topological polar surface area (TPSA) is 64.3 Å². The summed E-state index contributed by atoms with van der Waals surface area (Å²) in [5.74, 6) is 1.01. The second-order valence-corrected chi connectivity index (χ2v) is 6.98. The fraction of sp³-hybridized carbons (Fsp3) is 0.929. The summed E-state index contributed by atoms with van der Waals surface area (Å²) in [6.45, 7) is 8.70. The van der Waals surface area contributed by atoms with Crippen molar-refractivity contribution in [2.75, 3.05) is 18.6 Å². The van der Waals surface area contributed by atoms with Crippen molar-refractivity contribution in [1.82, 2.24) is 5.32 Å². The van der Waals surface area contributed by atoms with Crippen molar-refractivity contribution in [3.8, 4) is 0 Å². The van der Waals surface area contributed by atoms with Gasteiger partial charge in [-0.2, -0.15) is 11.8 Å². The summed E-state index contributed by atoms with van der Waals surface area (Å²) < 4.78 is 5.65. The molecular weight excluding hydrogens is 260 g/mol. The fourth-order valence-corrected chi connectivity index (χ4v) is 3.13. The third-order valence-corrected chi connectivity index (χ3v) is 5.01. The largest absolute Gasteiger partial charge is 0.378 e. The number of rotatable bonds is 7. The van der Waals surface area contributed by atoms with E-state index in [0.29, 0.717) is 13.0 Å². The summed E-state index contributed by atoms with van der Waals surface area (Å²) in [6.07, 6.45) is 3.73. The second-order valence-electron chi connectivity index (χ2n) is 6.00. The molecule has 0 radical (unpaired) electrons. The maximum Gasteiger partial charge on any atom is 0.241 e. The molecule has 1 amide bonds. The summed E-state index contributed by atoms with van der Waals surface area (Å²) in [5, 5.41) is 3.04. The normalized spacial score (nSPS) is 30.5. The maximum atomic E-state index is 12.4. The van der Waals surface area contributed by atoms with E-state index in [1.807, 2.05) is 27.7 Å². The lowest BCUT2D eigenvalue weighted by Crippen LogP contribution is -2.76. The molecule has 19 heavy (non-hydrogen) atoms. The molecule has 1 aliphatic rings. The molecule has 3 unspecified atom stereocenters. The van der Waals surface area contributed by atoms with Gasteiger partial charge in [0.25, 0.3) is 0 Å². The lowest BCUT2D eigenvalue weighted by atomic mass is 9.54. The summed E-state index contributed by atoms with van der Waals surface area (Å²) in [7, 11) is 0. The number of ether oxygens (including phenoxy) is 1. The van der Waals surface area contributed by atoms with Crippen LogP contribution >= 0.6 is 11.8 Å². The molecule has 0 saturated heterocycles. The van der Waals surface area contributed by atoms with Crippen molar-refractivity contribution in [2.24, 2.45) is 11.1 Å². The lowest BCUT2D eigenvalue weighted by molar-refractivity contribution is -0.171. The quantitative estimate of drug-likeness (QED) is 0.749. The van der Waals surface area contributed by atoms with Gasteiger partial charge in [-0.25, -0.2) is 0 Å². The van der Waals surface area contributed by atoms with Gasteiger partial charge in [-0.1, -0.05) is 13.8 Å². The monoisotopic (exact) mass is 288 g/mol. The number of nitrogens with one attached hydrogen (secondary N) is 1. The van der Waals surface area contributed by atoms with E-state index in [1.54, 1.807) is 11.8 Å². The first-order chi connectivity index (χ1) is 8.79. The molecule has 0 aromatic rings. The van der Waals surface area contributed by atoms with E-state index < -0.39 is 5.54 Å². The average Bonchev–Trinajstić information content (AvgIpc) is 2.35. The van der Waals surface area contributed by atoms with Crippen molar-refractivity contribution in [1.29, 1.82) is 0 Å². The van der Waals surface area contributed by atoms with Crippen LogP contribution in [0, 0.1) is 5.41 Å². The lowest BCUT2D eigenvalue weighted by Gasteiger charge is -2.57. The Balaban J connectivity index is 2.57. The molecule has 0 aliphatic heterocycles. The summed E-state index contributed by atoms with van der Waals surface area (Å²) in [4.78, 5) is 12.4. The van der Waals surface area contributed by atoms with Crippen molar-refractivity contribution in [2.45, 2.75) is 58.2 Å². The molecule has 1 saturated carbocycles. The van der Waals surface area contributed by atoms with Crippen LogP contribution in [0.5, 0.6) is 0 Å². The van der Waals surface area contributed by atoms with E-state index in [-0.39, 0.29) is 23.5 Å². The molecule has 3 N–H and O–H groups in total. The summed E-state index contributed by atoms with van der Waals surface area (Å²) >= 11 is 1.79. The van der Waals surface area contributed by atoms with Gasteiger partial charge in [-0.3, -0.25) is 4.79 Å². The molecule has 1 fully saturated rings. The predicted octanol–water partition coefficient (Wildman–Crippen LogP) is 1.78. The third-order valence-electron chi connectivity index (χ3n) is 4.37. The van der Waals surface area contributed by atoms with Gasteiger partial charge in [-0.05, 0) is 32.3 Å². The minimum Gasteiger partial charge on any atom is -0.378 e. The zero-order valence-electron chi connectivity index (χ0n) is 12.8. The van der Waals surface area contributed by atoms with Gasteiger partial charge < -0.3 is 15.8 Å². The predicted molar refractivity (Wildman–Crippen MR) is 81.3 cm³/mol. The van der Waals surface area contributed by atoms with E-state index in [0.717, 1.165) is 12.2 Å². The molecule has 3 atom stereocenters. The van der Waals surface area contributed by atoms with Gasteiger partial charge in [0.1, 0.15) is 5.54 Å². The van der Waals surface area contributed by atoms with E-state index in [9.17, 15) is 4.79 Å². The molecular formula is C14H28N2O2S. The van der Waals surface area contributed by atoms with Crippen LogP contribution in [0.25, 0.3) is 0 Å². The van der Waals surface area contributed by atoms with Crippen LogP contribution in [0.3, 0.4) is 0 Å². The highest BCUT2D eigenvalue weighted by atomic mass is 32.2. The van der Waals surface area contributed by atoms with Crippen LogP contribution in [0.15, 0.2) is 0 Å². The number of hydrogen-bond acceptors (Lipinski definition) is 4. The Bertz CT molecular complexity index is 323. The Hall–Kier alpha value is -0.260. The molecule has 0 heterocycles. The molecule has 0 aromatic carbocycles. The molecule has 0 bridgehead atoms. The Labute approximate surface area is 121 Å². The van der Waals surface area contributed by atoms with Crippen LogP contribution in [-0.2, 0) is 9.53 Å². The number of carbonyl (C=O) groups is 1. The highest BCUT2D eigenvalue weighted by Crippen LogP contribution is 2.49. The SMILES string of the molecule is CCOC1CC(N)(C(=O)NC(C)CCSC)C1(C)C. The highest BCUT2D eigenvalue weighted by Gasteiger charge is 2.62. The van der Waals surface area contributed by atoms with Gasteiger partial charge in [-0.15, -0.1) is 0 Å². The highest BCUT2D eigenvalue weighted by molar-refractivity contribution is 7.98. The van der Waals surface area contributed by atoms with Crippen LogP contribution in [0.1, 0.15) is 40.5 Å². The molecule has 5 heteroatoms. The number of hydrogen-bond donors (Lipinski definition) is 2.